The molecule has 0 spiro atoms. The van der Waals surface area contributed by atoms with Crippen molar-refractivity contribution in [1.29, 1.82) is 0 Å². The maximum atomic E-state index is 12.3. The van der Waals surface area contributed by atoms with Crippen molar-refractivity contribution >= 4 is 11.9 Å². The van der Waals surface area contributed by atoms with E-state index >= 15 is 0 Å². The van der Waals surface area contributed by atoms with Gasteiger partial charge < -0.3 is 14.2 Å². The molecule has 0 radical (unpaired) electrons. The largest absolute Gasteiger partial charge is 0.491 e. The van der Waals surface area contributed by atoms with Gasteiger partial charge in [0.1, 0.15) is 11.5 Å². The minimum atomic E-state index is -0.491. The van der Waals surface area contributed by atoms with E-state index < -0.39 is 11.9 Å². The molecule has 2 aromatic carbocycles. The van der Waals surface area contributed by atoms with Gasteiger partial charge in [-0.2, -0.15) is 0 Å². The van der Waals surface area contributed by atoms with Crippen LogP contribution in [0.2, 0.25) is 0 Å². The Morgan fingerprint density at radius 3 is 2.15 bits per heavy atom. The summed E-state index contributed by atoms with van der Waals surface area (Å²) in [5.41, 5.74) is 0.807. The van der Waals surface area contributed by atoms with Crippen LogP contribution in [0.25, 0.3) is 0 Å². The van der Waals surface area contributed by atoms with Crippen molar-refractivity contribution in [3.05, 3.63) is 59.7 Å². The van der Waals surface area contributed by atoms with Crippen LogP contribution >= 0.6 is 0 Å². The van der Waals surface area contributed by atoms with Crippen molar-refractivity contribution in [2.45, 2.75) is 33.8 Å². The van der Waals surface area contributed by atoms with Crippen molar-refractivity contribution in [3.8, 4) is 11.5 Å². The molecule has 0 saturated carbocycles. The average molecular weight is 356 g/mol. The summed E-state index contributed by atoms with van der Waals surface area (Å²) in [5, 5.41) is 0. The van der Waals surface area contributed by atoms with Crippen molar-refractivity contribution in [3.63, 3.8) is 0 Å². The van der Waals surface area contributed by atoms with Crippen LogP contribution in [-0.4, -0.2) is 24.6 Å². The maximum absolute atomic E-state index is 12.3. The minimum Gasteiger partial charge on any atom is -0.491 e. The summed E-state index contributed by atoms with van der Waals surface area (Å²) in [6.07, 6.45) is 0.0178. The zero-order chi connectivity index (χ0) is 19.1. The van der Waals surface area contributed by atoms with Gasteiger partial charge in [-0.3, -0.25) is 0 Å². The normalized spacial score (nSPS) is 10.7. The molecule has 26 heavy (non-hydrogen) atoms. The molecular weight excluding hydrogens is 332 g/mol. The Kier molecular flexibility index (Phi) is 6.78. The molecule has 0 unspecified atom stereocenters. The summed E-state index contributed by atoms with van der Waals surface area (Å²) in [4.78, 5) is 24.2. The molecule has 2 rings (SSSR count). The number of rotatable bonds is 7. The highest BCUT2D eigenvalue weighted by atomic mass is 16.5. The minimum absolute atomic E-state index is 0.0178. The smallest absolute Gasteiger partial charge is 0.343 e. The Morgan fingerprint density at radius 2 is 1.54 bits per heavy atom. The van der Waals surface area contributed by atoms with E-state index in [1.807, 2.05) is 27.7 Å². The first kappa shape index (κ1) is 19.5. The average Bonchev–Trinajstić information content (AvgIpc) is 2.60. The molecule has 0 aromatic heterocycles. The lowest BCUT2D eigenvalue weighted by atomic mass is 10.2. The van der Waals surface area contributed by atoms with Gasteiger partial charge >= 0.3 is 11.9 Å². The fourth-order valence-electron chi connectivity index (χ4n) is 2.12. The number of esters is 2. The number of hydrogen-bond acceptors (Lipinski definition) is 5. The number of ether oxygens (including phenoxy) is 3. The second-order valence-corrected chi connectivity index (χ2v) is 6.60. The highest BCUT2D eigenvalue weighted by Gasteiger charge is 2.12. The Morgan fingerprint density at radius 1 is 0.846 bits per heavy atom. The fraction of sp³-hybridized carbons (Fsp3) is 0.333. The fourth-order valence-corrected chi connectivity index (χ4v) is 2.12. The molecule has 0 fully saturated rings. The third kappa shape index (κ3) is 5.92. The van der Waals surface area contributed by atoms with Crippen molar-refractivity contribution in [2.24, 2.45) is 5.92 Å². The van der Waals surface area contributed by atoms with E-state index in [2.05, 4.69) is 0 Å². The Bertz CT molecular complexity index is 747. The number of carbonyl (C=O) groups is 2. The van der Waals surface area contributed by atoms with Gasteiger partial charge in [0.05, 0.1) is 23.8 Å². The van der Waals surface area contributed by atoms with Gasteiger partial charge in [-0.15, -0.1) is 0 Å². The first-order valence-electron chi connectivity index (χ1n) is 8.61. The zero-order valence-electron chi connectivity index (χ0n) is 15.5. The molecule has 0 bridgehead atoms. The summed E-state index contributed by atoms with van der Waals surface area (Å²) in [6.45, 7) is 8.13. The lowest BCUT2D eigenvalue weighted by Crippen LogP contribution is -2.11. The third-order valence-corrected chi connectivity index (χ3v) is 3.29. The summed E-state index contributed by atoms with van der Waals surface area (Å²) in [6, 6.07) is 13.1. The van der Waals surface area contributed by atoms with Gasteiger partial charge in [-0.1, -0.05) is 19.9 Å². The molecular formula is C21H24O5. The molecule has 0 atom stereocenters. The second kappa shape index (κ2) is 9.04. The van der Waals surface area contributed by atoms with E-state index in [1.54, 1.807) is 48.5 Å². The van der Waals surface area contributed by atoms with E-state index in [4.69, 9.17) is 14.2 Å². The molecule has 0 N–H and O–H groups in total. The molecule has 2 aromatic rings. The van der Waals surface area contributed by atoms with Gasteiger partial charge in [0.15, 0.2) is 0 Å². The van der Waals surface area contributed by atoms with Crippen molar-refractivity contribution in [1.82, 2.24) is 0 Å². The maximum Gasteiger partial charge on any atom is 0.343 e. The molecule has 0 aliphatic carbocycles. The first-order valence-corrected chi connectivity index (χ1v) is 8.61. The van der Waals surface area contributed by atoms with Crippen LogP contribution < -0.4 is 9.47 Å². The predicted molar refractivity (Wildman–Crippen MR) is 98.7 cm³/mol. The van der Waals surface area contributed by atoms with Crippen molar-refractivity contribution in [2.75, 3.05) is 6.61 Å². The van der Waals surface area contributed by atoms with Crippen LogP contribution in [0.1, 0.15) is 48.4 Å². The zero-order valence-corrected chi connectivity index (χ0v) is 15.5. The summed E-state index contributed by atoms with van der Waals surface area (Å²) in [7, 11) is 0. The molecule has 0 aliphatic heterocycles. The van der Waals surface area contributed by atoms with Crippen LogP contribution in [-0.2, 0) is 4.74 Å². The molecule has 0 aliphatic rings. The van der Waals surface area contributed by atoms with E-state index in [9.17, 15) is 9.59 Å². The summed E-state index contributed by atoms with van der Waals surface area (Å²) in [5.74, 6) is 0.349. The van der Waals surface area contributed by atoms with Crippen LogP contribution in [0.15, 0.2) is 48.5 Å². The standard InChI is InChI=1S/C21H24O5/c1-14(2)13-24-20(22)16-8-10-18(11-9-16)26-21(23)17-6-5-7-19(12-17)25-15(3)4/h5-12,14-15H,13H2,1-4H3. The van der Waals surface area contributed by atoms with Crippen LogP contribution in [0, 0.1) is 5.92 Å². The Balaban J connectivity index is 2.00. The van der Waals surface area contributed by atoms with Gasteiger partial charge in [-0.25, -0.2) is 9.59 Å². The Hall–Kier alpha value is -2.82. The predicted octanol–water partition coefficient (Wildman–Crippen LogP) is 4.51. The first-order chi connectivity index (χ1) is 12.3. The van der Waals surface area contributed by atoms with E-state index in [0.717, 1.165) is 0 Å². The molecule has 5 heteroatoms. The second-order valence-electron chi connectivity index (χ2n) is 6.60. The number of carbonyl (C=O) groups excluding carboxylic acids is 2. The van der Waals surface area contributed by atoms with Gasteiger partial charge in [0, 0.05) is 0 Å². The lowest BCUT2D eigenvalue weighted by molar-refractivity contribution is 0.0459. The van der Waals surface area contributed by atoms with Gasteiger partial charge in [0.25, 0.3) is 0 Å². The SMILES string of the molecule is CC(C)COC(=O)c1ccc(OC(=O)c2cccc(OC(C)C)c2)cc1. The van der Waals surface area contributed by atoms with Gasteiger partial charge in [0.2, 0.25) is 0 Å². The van der Waals surface area contributed by atoms with Crippen molar-refractivity contribution < 1.29 is 23.8 Å². The van der Waals surface area contributed by atoms with Crippen LogP contribution in [0.4, 0.5) is 0 Å². The molecule has 0 amide bonds. The van der Waals surface area contributed by atoms with Crippen LogP contribution in [0.3, 0.4) is 0 Å². The topological polar surface area (TPSA) is 61.8 Å². The third-order valence-electron chi connectivity index (χ3n) is 3.29. The summed E-state index contributed by atoms with van der Waals surface area (Å²) >= 11 is 0. The molecule has 0 saturated heterocycles. The quantitative estimate of drug-likeness (QED) is 0.540. The van der Waals surface area contributed by atoms with E-state index in [0.29, 0.717) is 29.2 Å². The lowest BCUT2D eigenvalue weighted by Gasteiger charge is -2.11. The number of hydrogen-bond donors (Lipinski definition) is 0. The molecule has 138 valence electrons. The number of benzene rings is 2. The molecule has 5 nitrogen and oxygen atoms in total. The van der Waals surface area contributed by atoms with E-state index in [1.165, 1.54) is 0 Å². The monoisotopic (exact) mass is 356 g/mol. The van der Waals surface area contributed by atoms with Crippen LogP contribution in [0.5, 0.6) is 11.5 Å². The van der Waals surface area contributed by atoms with Gasteiger partial charge in [-0.05, 0) is 62.2 Å². The highest BCUT2D eigenvalue weighted by molar-refractivity contribution is 5.92. The van der Waals surface area contributed by atoms with E-state index in [-0.39, 0.29) is 12.0 Å². The molecule has 0 heterocycles. The Labute approximate surface area is 153 Å². The summed E-state index contributed by atoms with van der Waals surface area (Å²) < 4.78 is 16.1. The highest BCUT2D eigenvalue weighted by Crippen LogP contribution is 2.18.